The molecule has 0 bridgehead atoms. The largest absolute Gasteiger partial charge is 0.489 e. The number of ether oxygens (including phenoxy) is 1. The molecule has 178 valence electrons. The lowest BCUT2D eigenvalue weighted by molar-refractivity contribution is 0.129. The van der Waals surface area contributed by atoms with Gasteiger partial charge >= 0.3 is 5.63 Å². The lowest BCUT2D eigenvalue weighted by Crippen LogP contribution is -2.26. The summed E-state index contributed by atoms with van der Waals surface area (Å²) < 4.78 is 11.0. The number of hydrogen-bond acceptors (Lipinski definition) is 5. The lowest BCUT2D eigenvalue weighted by atomic mass is 9.69. The number of nitrogens with one attached hydrogen (secondary N) is 1. The summed E-state index contributed by atoms with van der Waals surface area (Å²) >= 11 is 0. The summed E-state index contributed by atoms with van der Waals surface area (Å²) in [5.41, 5.74) is 3.42. The SMILES string of the molecule is Cc1cc(=O)oc2ccc(NC(O)COc3ccc(C(CC(C)(C)C)C(C)(C)C)cc3)cc12. The highest BCUT2D eigenvalue weighted by Gasteiger charge is 2.30. The Hall–Kier alpha value is -2.79. The molecule has 0 saturated heterocycles. The maximum Gasteiger partial charge on any atom is 0.336 e. The van der Waals surface area contributed by atoms with Gasteiger partial charge in [-0.2, -0.15) is 0 Å². The molecule has 0 spiro atoms. The third kappa shape index (κ3) is 6.84. The third-order valence-corrected chi connectivity index (χ3v) is 5.83. The van der Waals surface area contributed by atoms with Crippen LogP contribution in [0.3, 0.4) is 0 Å². The van der Waals surface area contributed by atoms with Gasteiger partial charge in [-0.1, -0.05) is 53.7 Å². The molecule has 0 aliphatic heterocycles. The molecule has 2 N–H and O–H groups in total. The van der Waals surface area contributed by atoms with Crippen molar-refractivity contribution in [2.75, 3.05) is 11.9 Å². The van der Waals surface area contributed by atoms with E-state index in [9.17, 15) is 9.90 Å². The molecule has 0 aliphatic carbocycles. The van der Waals surface area contributed by atoms with Gasteiger partial charge < -0.3 is 19.6 Å². The zero-order valence-corrected chi connectivity index (χ0v) is 20.9. The van der Waals surface area contributed by atoms with Crippen LogP contribution in [0.5, 0.6) is 5.75 Å². The minimum absolute atomic E-state index is 0.102. The van der Waals surface area contributed by atoms with Crippen molar-refractivity contribution >= 4 is 16.7 Å². The van der Waals surface area contributed by atoms with Gasteiger partial charge in [0, 0.05) is 17.1 Å². The van der Waals surface area contributed by atoms with Crippen LogP contribution in [-0.4, -0.2) is 17.9 Å². The zero-order valence-electron chi connectivity index (χ0n) is 20.9. The van der Waals surface area contributed by atoms with E-state index in [2.05, 4.69) is 59.0 Å². The molecule has 3 aromatic rings. The van der Waals surface area contributed by atoms with Crippen molar-refractivity contribution < 1.29 is 14.3 Å². The first kappa shape index (κ1) is 24.8. The second-order valence-electron chi connectivity index (χ2n) is 11.2. The van der Waals surface area contributed by atoms with Crippen molar-refractivity contribution in [1.82, 2.24) is 0 Å². The van der Waals surface area contributed by atoms with E-state index in [1.807, 2.05) is 25.1 Å². The van der Waals surface area contributed by atoms with Gasteiger partial charge in [-0.15, -0.1) is 0 Å². The molecule has 5 nitrogen and oxygen atoms in total. The number of benzene rings is 2. The smallest absolute Gasteiger partial charge is 0.336 e. The highest BCUT2D eigenvalue weighted by Crippen LogP contribution is 2.43. The molecular weight excluding hydrogens is 414 g/mol. The zero-order chi connectivity index (χ0) is 24.4. The van der Waals surface area contributed by atoms with Gasteiger partial charge in [-0.25, -0.2) is 4.79 Å². The van der Waals surface area contributed by atoms with E-state index in [-0.39, 0.29) is 23.1 Å². The van der Waals surface area contributed by atoms with Crippen LogP contribution in [0.4, 0.5) is 5.69 Å². The van der Waals surface area contributed by atoms with Crippen LogP contribution in [0.1, 0.15) is 65.0 Å². The molecule has 2 atom stereocenters. The summed E-state index contributed by atoms with van der Waals surface area (Å²) in [5.74, 6) is 1.17. The van der Waals surface area contributed by atoms with Crippen molar-refractivity contribution in [3.05, 3.63) is 70.1 Å². The first-order chi connectivity index (χ1) is 15.3. The average Bonchev–Trinajstić information content (AvgIpc) is 2.70. The summed E-state index contributed by atoms with van der Waals surface area (Å²) in [4.78, 5) is 11.5. The quantitative estimate of drug-likeness (QED) is 0.318. The van der Waals surface area contributed by atoms with E-state index >= 15 is 0 Å². The minimum Gasteiger partial charge on any atom is -0.489 e. The normalized spacial score (nSPS) is 14.2. The Labute approximate surface area is 196 Å². The Balaban J connectivity index is 1.63. The Bertz CT molecular complexity index is 1130. The maximum atomic E-state index is 11.5. The third-order valence-electron chi connectivity index (χ3n) is 5.83. The van der Waals surface area contributed by atoms with Gasteiger partial charge in [0.2, 0.25) is 0 Å². The highest BCUT2D eigenvalue weighted by molar-refractivity contribution is 5.83. The number of rotatable bonds is 7. The molecule has 0 fully saturated rings. The minimum atomic E-state index is -0.888. The van der Waals surface area contributed by atoms with Crippen LogP contribution >= 0.6 is 0 Å². The van der Waals surface area contributed by atoms with Gasteiger partial charge in [-0.05, 0) is 71.6 Å². The molecule has 2 aromatic carbocycles. The predicted octanol–water partition coefficient (Wildman–Crippen LogP) is 6.48. The van der Waals surface area contributed by atoms with Crippen molar-refractivity contribution in [2.24, 2.45) is 10.8 Å². The average molecular weight is 452 g/mol. The number of anilines is 1. The van der Waals surface area contributed by atoms with E-state index in [0.29, 0.717) is 11.5 Å². The van der Waals surface area contributed by atoms with Crippen molar-refractivity contribution in [1.29, 1.82) is 0 Å². The summed E-state index contributed by atoms with van der Waals surface area (Å²) in [7, 11) is 0. The molecule has 5 heteroatoms. The number of aliphatic hydroxyl groups excluding tert-OH is 1. The van der Waals surface area contributed by atoms with Gasteiger partial charge in [0.25, 0.3) is 0 Å². The highest BCUT2D eigenvalue weighted by atomic mass is 16.5. The predicted molar refractivity (Wildman–Crippen MR) is 135 cm³/mol. The van der Waals surface area contributed by atoms with Crippen LogP contribution in [0, 0.1) is 17.8 Å². The van der Waals surface area contributed by atoms with E-state index in [4.69, 9.17) is 9.15 Å². The molecule has 33 heavy (non-hydrogen) atoms. The Morgan fingerprint density at radius 3 is 2.27 bits per heavy atom. The fraction of sp³-hybridized carbons (Fsp3) is 0.464. The molecule has 2 unspecified atom stereocenters. The van der Waals surface area contributed by atoms with Gasteiger partial charge in [0.05, 0.1) is 0 Å². The summed E-state index contributed by atoms with van der Waals surface area (Å²) in [5, 5.41) is 14.3. The second-order valence-corrected chi connectivity index (χ2v) is 11.2. The Morgan fingerprint density at radius 1 is 1.00 bits per heavy atom. The molecular formula is C28H37NO4. The molecule has 1 aromatic heterocycles. The van der Waals surface area contributed by atoms with Gasteiger partial charge in [0.1, 0.15) is 17.9 Å². The molecule has 0 aliphatic rings. The standard InChI is InChI=1S/C28H37NO4/c1-18-14-26(31)33-24-13-10-20(15-22(18)24)29-25(30)17-32-21-11-8-19(9-12-21)23(28(5,6)7)16-27(2,3)4/h8-15,23,25,29-30H,16-17H2,1-7H3. The molecule has 3 rings (SSSR count). The van der Waals surface area contributed by atoms with Gasteiger partial charge in [0.15, 0.2) is 6.23 Å². The summed E-state index contributed by atoms with van der Waals surface area (Å²) in [6, 6.07) is 15.0. The topological polar surface area (TPSA) is 71.7 Å². The van der Waals surface area contributed by atoms with E-state index in [0.717, 1.165) is 28.8 Å². The van der Waals surface area contributed by atoms with Crippen molar-refractivity contribution in [2.45, 2.75) is 67.0 Å². The van der Waals surface area contributed by atoms with Crippen LogP contribution in [0.15, 0.2) is 57.7 Å². The Morgan fingerprint density at radius 2 is 1.67 bits per heavy atom. The van der Waals surface area contributed by atoms with Crippen LogP contribution in [0.25, 0.3) is 11.0 Å². The monoisotopic (exact) mass is 451 g/mol. The number of aryl methyl sites for hydroxylation is 1. The van der Waals surface area contributed by atoms with E-state index in [1.165, 1.54) is 11.6 Å². The van der Waals surface area contributed by atoms with Gasteiger partial charge in [-0.3, -0.25) is 0 Å². The first-order valence-corrected chi connectivity index (χ1v) is 11.5. The fourth-order valence-corrected chi connectivity index (χ4v) is 4.15. The second kappa shape index (κ2) is 9.60. The molecule has 0 radical (unpaired) electrons. The Kier molecular flexibility index (Phi) is 7.23. The fourth-order valence-electron chi connectivity index (χ4n) is 4.15. The van der Waals surface area contributed by atoms with Crippen LogP contribution in [0.2, 0.25) is 0 Å². The molecule has 0 saturated carbocycles. The number of hydrogen-bond donors (Lipinski definition) is 2. The number of fused-ring (bicyclic) bond motifs is 1. The van der Waals surface area contributed by atoms with E-state index < -0.39 is 6.23 Å². The van der Waals surface area contributed by atoms with Crippen LogP contribution in [-0.2, 0) is 0 Å². The maximum absolute atomic E-state index is 11.5. The summed E-state index contributed by atoms with van der Waals surface area (Å²) in [6.45, 7) is 15.7. The molecule has 1 heterocycles. The van der Waals surface area contributed by atoms with Crippen LogP contribution < -0.4 is 15.7 Å². The lowest BCUT2D eigenvalue weighted by Gasteiger charge is -2.36. The molecule has 0 amide bonds. The van der Waals surface area contributed by atoms with E-state index in [1.54, 1.807) is 12.1 Å². The first-order valence-electron chi connectivity index (χ1n) is 11.5. The number of aliphatic hydroxyl groups is 1. The summed E-state index contributed by atoms with van der Waals surface area (Å²) in [6.07, 6.45) is 0.218. The van der Waals surface area contributed by atoms with Crippen molar-refractivity contribution in [3.8, 4) is 5.75 Å². The van der Waals surface area contributed by atoms with Crippen molar-refractivity contribution in [3.63, 3.8) is 0 Å².